The fraction of sp³-hybridized carbons (Fsp3) is 0.100. The highest BCUT2D eigenvalue weighted by Gasteiger charge is 2.15. The number of halogens is 1. The molecule has 3 N–H and O–H groups in total. The molecular formula is C10H10BrN3O. The minimum absolute atomic E-state index is 0.176. The summed E-state index contributed by atoms with van der Waals surface area (Å²) in [6, 6.07) is 7.31. The molecule has 0 saturated heterocycles. The summed E-state index contributed by atoms with van der Waals surface area (Å²) in [6.45, 7) is 0. The number of pyridine rings is 1. The van der Waals surface area contributed by atoms with Gasteiger partial charge in [0.1, 0.15) is 11.8 Å². The number of nitrogens with one attached hydrogen (secondary N) is 1. The molecule has 4 nitrogen and oxygen atoms in total. The van der Waals surface area contributed by atoms with Gasteiger partial charge in [-0.2, -0.15) is 0 Å². The number of hydrogen-bond donors (Lipinski definition) is 2. The van der Waals surface area contributed by atoms with Crippen LogP contribution in [0.3, 0.4) is 0 Å². The normalized spacial score (nSPS) is 12.7. The summed E-state index contributed by atoms with van der Waals surface area (Å²) in [5.41, 5.74) is 3.65. The van der Waals surface area contributed by atoms with Gasteiger partial charge in [-0.25, -0.2) is 5.43 Å². The maximum absolute atomic E-state index is 5.49. The van der Waals surface area contributed by atoms with Gasteiger partial charge in [-0.15, -0.1) is 0 Å². The molecule has 0 aliphatic heterocycles. The Kier molecular flexibility index (Phi) is 3.15. The highest BCUT2D eigenvalue weighted by molar-refractivity contribution is 9.10. The lowest BCUT2D eigenvalue weighted by atomic mass is 10.1. The Morgan fingerprint density at radius 1 is 1.40 bits per heavy atom. The van der Waals surface area contributed by atoms with Crippen LogP contribution in [0.15, 0.2) is 45.7 Å². The summed E-state index contributed by atoms with van der Waals surface area (Å²) in [7, 11) is 0. The van der Waals surface area contributed by atoms with Crippen molar-refractivity contribution >= 4 is 15.9 Å². The van der Waals surface area contributed by atoms with E-state index in [2.05, 4.69) is 26.3 Å². The Labute approximate surface area is 95.6 Å². The van der Waals surface area contributed by atoms with Crippen molar-refractivity contribution in [1.29, 1.82) is 0 Å². The fourth-order valence-electron chi connectivity index (χ4n) is 1.37. The summed E-state index contributed by atoms with van der Waals surface area (Å²) in [4.78, 5) is 4.04. The molecule has 78 valence electrons. The SMILES string of the molecule is NNC(c1cccnc1)c1ccc(Br)o1. The van der Waals surface area contributed by atoms with Gasteiger partial charge in [0.05, 0.1) is 0 Å². The zero-order valence-corrected chi connectivity index (χ0v) is 9.44. The van der Waals surface area contributed by atoms with Gasteiger partial charge in [0.25, 0.3) is 0 Å². The smallest absolute Gasteiger partial charge is 0.169 e. The lowest BCUT2D eigenvalue weighted by molar-refractivity contribution is 0.437. The van der Waals surface area contributed by atoms with E-state index in [1.807, 2.05) is 24.3 Å². The van der Waals surface area contributed by atoms with Crippen molar-refractivity contribution in [2.24, 2.45) is 5.84 Å². The quantitative estimate of drug-likeness (QED) is 0.660. The van der Waals surface area contributed by atoms with E-state index in [1.54, 1.807) is 12.4 Å². The Morgan fingerprint density at radius 3 is 2.80 bits per heavy atom. The number of furan rings is 1. The van der Waals surface area contributed by atoms with Crippen LogP contribution in [0.5, 0.6) is 0 Å². The van der Waals surface area contributed by atoms with Crippen molar-refractivity contribution in [3.05, 3.63) is 52.7 Å². The van der Waals surface area contributed by atoms with Gasteiger partial charge in [-0.3, -0.25) is 10.8 Å². The van der Waals surface area contributed by atoms with Crippen LogP contribution in [0.25, 0.3) is 0 Å². The van der Waals surface area contributed by atoms with E-state index < -0.39 is 0 Å². The first kappa shape index (κ1) is 10.4. The molecule has 15 heavy (non-hydrogen) atoms. The van der Waals surface area contributed by atoms with Crippen molar-refractivity contribution < 1.29 is 4.42 Å². The zero-order chi connectivity index (χ0) is 10.7. The lowest BCUT2D eigenvalue weighted by Crippen LogP contribution is -2.28. The van der Waals surface area contributed by atoms with Gasteiger partial charge >= 0.3 is 0 Å². The second-order valence-electron chi connectivity index (χ2n) is 3.03. The maximum Gasteiger partial charge on any atom is 0.169 e. The molecule has 0 radical (unpaired) electrons. The molecule has 0 amide bonds. The third-order valence-corrected chi connectivity index (χ3v) is 2.49. The van der Waals surface area contributed by atoms with Crippen molar-refractivity contribution in [1.82, 2.24) is 10.4 Å². The average molecular weight is 268 g/mol. The number of rotatable bonds is 3. The second-order valence-corrected chi connectivity index (χ2v) is 3.81. The van der Waals surface area contributed by atoms with E-state index in [0.29, 0.717) is 4.67 Å². The summed E-state index contributed by atoms with van der Waals surface area (Å²) >= 11 is 3.25. The molecular weight excluding hydrogens is 258 g/mol. The molecule has 1 atom stereocenters. The first-order valence-corrected chi connectivity index (χ1v) is 5.22. The number of hydrogen-bond acceptors (Lipinski definition) is 4. The van der Waals surface area contributed by atoms with Crippen molar-refractivity contribution in [3.63, 3.8) is 0 Å². The maximum atomic E-state index is 5.49. The molecule has 0 spiro atoms. The van der Waals surface area contributed by atoms with E-state index in [1.165, 1.54) is 0 Å². The summed E-state index contributed by atoms with van der Waals surface area (Å²) in [5, 5.41) is 0. The van der Waals surface area contributed by atoms with E-state index in [9.17, 15) is 0 Å². The molecule has 2 rings (SSSR count). The van der Waals surface area contributed by atoms with Crippen LogP contribution in [0.1, 0.15) is 17.4 Å². The number of aromatic nitrogens is 1. The molecule has 2 aromatic heterocycles. The van der Waals surface area contributed by atoms with Gasteiger partial charge in [0.2, 0.25) is 0 Å². The topological polar surface area (TPSA) is 64.1 Å². The highest BCUT2D eigenvalue weighted by atomic mass is 79.9. The Morgan fingerprint density at radius 2 is 2.27 bits per heavy atom. The molecule has 0 aromatic carbocycles. The third kappa shape index (κ3) is 2.26. The molecule has 0 saturated carbocycles. The Hall–Kier alpha value is -1.17. The highest BCUT2D eigenvalue weighted by Crippen LogP contribution is 2.24. The number of nitrogens with two attached hydrogens (primary N) is 1. The van der Waals surface area contributed by atoms with Crippen LogP contribution in [0.4, 0.5) is 0 Å². The predicted octanol–water partition coefficient (Wildman–Crippen LogP) is 1.99. The molecule has 0 aliphatic carbocycles. The second kappa shape index (κ2) is 4.57. The van der Waals surface area contributed by atoms with Crippen LogP contribution in [-0.4, -0.2) is 4.98 Å². The lowest BCUT2D eigenvalue weighted by Gasteiger charge is -2.12. The molecule has 5 heteroatoms. The van der Waals surface area contributed by atoms with E-state index in [-0.39, 0.29) is 6.04 Å². The number of nitrogens with zero attached hydrogens (tertiary/aromatic N) is 1. The standard InChI is InChI=1S/C10H10BrN3O/c11-9-4-3-8(15-9)10(14-12)7-2-1-5-13-6-7/h1-6,10,14H,12H2. The molecule has 2 aromatic rings. The van der Waals surface area contributed by atoms with Crippen LogP contribution in [0.2, 0.25) is 0 Å². The zero-order valence-electron chi connectivity index (χ0n) is 7.85. The molecule has 0 aliphatic rings. The first-order chi connectivity index (χ1) is 7.31. The van der Waals surface area contributed by atoms with Crippen LogP contribution >= 0.6 is 15.9 Å². The average Bonchev–Trinajstić information content (AvgIpc) is 2.68. The van der Waals surface area contributed by atoms with Crippen molar-refractivity contribution in [2.45, 2.75) is 6.04 Å². The minimum atomic E-state index is -0.176. The molecule has 0 bridgehead atoms. The van der Waals surface area contributed by atoms with Gasteiger partial charge in [-0.05, 0) is 39.7 Å². The predicted molar refractivity (Wildman–Crippen MR) is 59.8 cm³/mol. The van der Waals surface area contributed by atoms with Gasteiger partial charge in [-0.1, -0.05) is 6.07 Å². The molecule has 0 fully saturated rings. The largest absolute Gasteiger partial charge is 0.452 e. The summed E-state index contributed by atoms with van der Waals surface area (Å²) in [6.07, 6.45) is 3.47. The monoisotopic (exact) mass is 267 g/mol. The third-order valence-electron chi connectivity index (χ3n) is 2.06. The van der Waals surface area contributed by atoms with E-state index in [0.717, 1.165) is 11.3 Å². The fourth-order valence-corrected chi connectivity index (χ4v) is 1.69. The Bertz CT molecular complexity index is 429. The van der Waals surface area contributed by atoms with E-state index in [4.69, 9.17) is 10.3 Å². The van der Waals surface area contributed by atoms with Crippen LogP contribution < -0.4 is 11.3 Å². The summed E-state index contributed by atoms with van der Waals surface area (Å²) in [5.74, 6) is 6.24. The summed E-state index contributed by atoms with van der Waals surface area (Å²) < 4.78 is 6.12. The molecule has 1 unspecified atom stereocenters. The minimum Gasteiger partial charge on any atom is -0.452 e. The van der Waals surface area contributed by atoms with Crippen LogP contribution in [-0.2, 0) is 0 Å². The molecule has 2 heterocycles. The first-order valence-electron chi connectivity index (χ1n) is 4.42. The van der Waals surface area contributed by atoms with Crippen molar-refractivity contribution in [3.8, 4) is 0 Å². The van der Waals surface area contributed by atoms with Crippen LogP contribution in [0, 0.1) is 0 Å². The van der Waals surface area contributed by atoms with Gasteiger partial charge < -0.3 is 4.42 Å². The van der Waals surface area contributed by atoms with Gasteiger partial charge in [0.15, 0.2) is 4.67 Å². The van der Waals surface area contributed by atoms with Gasteiger partial charge in [0, 0.05) is 12.4 Å². The number of hydrazine groups is 1. The Balaban J connectivity index is 2.33. The van der Waals surface area contributed by atoms with Crippen molar-refractivity contribution in [2.75, 3.05) is 0 Å². The van der Waals surface area contributed by atoms with E-state index >= 15 is 0 Å².